The van der Waals surface area contributed by atoms with Gasteiger partial charge in [0, 0.05) is 18.3 Å². The molecular weight excluding hydrogens is 386 g/mol. The molecule has 0 radical (unpaired) electrons. The largest absolute Gasteiger partial charge is 0.463 e. The van der Waals surface area contributed by atoms with Crippen LogP contribution in [0.4, 0.5) is 0 Å². The third-order valence-electron chi connectivity index (χ3n) is 3.91. The van der Waals surface area contributed by atoms with E-state index < -0.39 is 5.97 Å². The molecule has 2 aromatic rings. The average Bonchev–Trinajstić information content (AvgIpc) is 3.03. The summed E-state index contributed by atoms with van der Waals surface area (Å²) in [5.74, 6) is 0.176. The van der Waals surface area contributed by atoms with Crippen LogP contribution in [0, 0.1) is 0 Å². The lowest BCUT2D eigenvalue weighted by Gasteiger charge is -2.24. The molecule has 1 aliphatic heterocycles. The molecule has 0 saturated carbocycles. The first kappa shape index (κ1) is 17.8. The van der Waals surface area contributed by atoms with Crippen molar-refractivity contribution >= 4 is 27.5 Å². The van der Waals surface area contributed by atoms with Crippen molar-refractivity contribution < 1.29 is 14.3 Å². The van der Waals surface area contributed by atoms with Crippen molar-refractivity contribution in [3.63, 3.8) is 0 Å². The third-order valence-corrected chi connectivity index (χ3v) is 4.24. The highest BCUT2D eigenvalue weighted by Crippen LogP contribution is 2.29. The molecule has 1 saturated heterocycles. The molecule has 2 heterocycles. The Hall–Kier alpha value is -1.99. The number of nitrogens with zero attached hydrogens (tertiary/aromatic N) is 3. The quantitative estimate of drug-likeness (QED) is 0.559. The first-order valence-electron chi connectivity index (χ1n) is 8.37. The SMILES string of the molecule is CCOC(=O)/C=C(\c1ccccc1)c1nc(Br)nn1C1CCCCO1. The van der Waals surface area contributed by atoms with Gasteiger partial charge in [-0.3, -0.25) is 0 Å². The lowest BCUT2D eigenvalue weighted by Crippen LogP contribution is -2.21. The highest BCUT2D eigenvalue weighted by atomic mass is 79.9. The van der Waals surface area contributed by atoms with Gasteiger partial charge in [0.1, 0.15) is 0 Å². The van der Waals surface area contributed by atoms with Crippen molar-refractivity contribution in [2.45, 2.75) is 32.4 Å². The van der Waals surface area contributed by atoms with Crippen molar-refractivity contribution in [3.05, 3.63) is 52.5 Å². The number of halogens is 1. The molecule has 7 heteroatoms. The van der Waals surface area contributed by atoms with Crippen LogP contribution in [0.25, 0.3) is 5.57 Å². The predicted octanol–water partition coefficient (Wildman–Crippen LogP) is 3.73. The molecule has 6 nitrogen and oxygen atoms in total. The minimum Gasteiger partial charge on any atom is -0.463 e. The summed E-state index contributed by atoms with van der Waals surface area (Å²) in [6, 6.07) is 9.62. The van der Waals surface area contributed by atoms with Crippen molar-refractivity contribution in [2.75, 3.05) is 13.2 Å². The lowest BCUT2D eigenvalue weighted by atomic mass is 10.0. The van der Waals surface area contributed by atoms with E-state index in [0.29, 0.717) is 29.3 Å². The minimum absolute atomic E-state index is 0.183. The van der Waals surface area contributed by atoms with Crippen LogP contribution >= 0.6 is 15.9 Å². The second kappa shape index (κ2) is 8.40. The Balaban J connectivity index is 2.06. The number of aromatic nitrogens is 3. The zero-order valence-electron chi connectivity index (χ0n) is 14.0. The Morgan fingerprint density at radius 2 is 2.20 bits per heavy atom. The number of benzene rings is 1. The van der Waals surface area contributed by atoms with Gasteiger partial charge in [-0.1, -0.05) is 30.3 Å². The first-order chi connectivity index (χ1) is 12.2. The molecule has 0 N–H and O–H groups in total. The summed E-state index contributed by atoms with van der Waals surface area (Å²) in [5.41, 5.74) is 1.53. The van der Waals surface area contributed by atoms with Crippen LogP contribution in [-0.4, -0.2) is 33.9 Å². The molecule has 1 fully saturated rings. The Morgan fingerprint density at radius 1 is 1.40 bits per heavy atom. The third kappa shape index (κ3) is 4.35. The van der Waals surface area contributed by atoms with E-state index in [4.69, 9.17) is 9.47 Å². The number of carbonyl (C=O) groups excluding carboxylic acids is 1. The fourth-order valence-electron chi connectivity index (χ4n) is 2.79. The van der Waals surface area contributed by atoms with Crippen molar-refractivity contribution in [1.29, 1.82) is 0 Å². The molecule has 0 bridgehead atoms. The number of ether oxygens (including phenoxy) is 2. The van der Waals surface area contributed by atoms with Crippen LogP contribution in [0.1, 0.15) is 43.8 Å². The summed E-state index contributed by atoms with van der Waals surface area (Å²) in [5, 5.41) is 4.44. The molecule has 0 aliphatic carbocycles. The number of rotatable bonds is 5. The van der Waals surface area contributed by atoms with E-state index in [2.05, 4.69) is 26.0 Å². The molecule has 0 spiro atoms. The smallest absolute Gasteiger partial charge is 0.331 e. The van der Waals surface area contributed by atoms with E-state index in [9.17, 15) is 4.79 Å². The van der Waals surface area contributed by atoms with Gasteiger partial charge in [0.15, 0.2) is 12.1 Å². The van der Waals surface area contributed by atoms with Gasteiger partial charge in [-0.05, 0) is 47.7 Å². The summed E-state index contributed by atoms with van der Waals surface area (Å²) < 4.78 is 13.2. The molecule has 0 amide bonds. The maximum Gasteiger partial charge on any atom is 0.331 e. The fraction of sp³-hybridized carbons (Fsp3) is 0.389. The molecular formula is C18H20BrN3O3. The van der Waals surface area contributed by atoms with Gasteiger partial charge in [-0.25, -0.2) is 14.5 Å². The molecule has 1 aliphatic rings. The Bertz CT molecular complexity index is 752. The molecule has 132 valence electrons. The topological polar surface area (TPSA) is 66.2 Å². The van der Waals surface area contributed by atoms with E-state index in [1.807, 2.05) is 30.3 Å². The Kier molecular flexibility index (Phi) is 5.99. The van der Waals surface area contributed by atoms with E-state index >= 15 is 0 Å². The van der Waals surface area contributed by atoms with Gasteiger partial charge in [0.2, 0.25) is 4.73 Å². The van der Waals surface area contributed by atoms with Crippen molar-refractivity contribution in [2.24, 2.45) is 0 Å². The number of esters is 1. The maximum atomic E-state index is 12.1. The van der Waals surface area contributed by atoms with Crippen molar-refractivity contribution in [1.82, 2.24) is 14.8 Å². The molecule has 1 unspecified atom stereocenters. The molecule has 1 atom stereocenters. The van der Waals surface area contributed by atoms with E-state index in [-0.39, 0.29) is 6.23 Å². The van der Waals surface area contributed by atoms with Gasteiger partial charge >= 0.3 is 5.97 Å². The van der Waals surface area contributed by atoms with Crippen molar-refractivity contribution in [3.8, 4) is 0 Å². The second-order valence-corrected chi connectivity index (χ2v) is 6.36. The normalized spacial score (nSPS) is 18.2. The van der Waals surface area contributed by atoms with Crippen LogP contribution in [0.15, 0.2) is 41.1 Å². The molecule has 25 heavy (non-hydrogen) atoms. The number of hydrogen-bond acceptors (Lipinski definition) is 5. The van der Waals surface area contributed by atoms with Gasteiger partial charge in [-0.15, -0.1) is 5.10 Å². The zero-order chi connectivity index (χ0) is 17.6. The van der Waals surface area contributed by atoms with Crippen LogP contribution in [-0.2, 0) is 14.3 Å². The summed E-state index contributed by atoms with van der Waals surface area (Å²) in [4.78, 5) is 16.6. The molecule has 3 rings (SSSR count). The van der Waals surface area contributed by atoms with E-state index in [1.165, 1.54) is 6.08 Å². The average molecular weight is 406 g/mol. The standard InChI is InChI=1S/C18H20BrN3O3/c1-2-24-16(23)12-14(13-8-4-3-5-9-13)17-20-18(19)21-22(17)15-10-6-7-11-25-15/h3-5,8-9,12,15H,2,6-7,10-11H2,1H3/b14-12+. The van der Waals surface area contributed by atoms with Gasteiger partial charge in [0.05, 0.1) is 6.61 Å². The Morgan fingerprint density at radius 3 is 2.88 bits per heavy atom. The highest BCUT2D eigenvalue weighted by Gasteiger charge is 2.24. The van der Waals surface area contributed by atoms with Crippen LogP contribution in [0.2, 0.25) is 0 Å². The van der Waals surface area contributed by atoms with Crippen LogP contribution in [0.5, 0.6) is 0 Å². The van der Waals surface area contributed by atoms with Crippen LogP contribution < -0.4 is 0 Å². The lowest BCUT2D eigenvalue weighted by molar-refractivity contribution is -0.137. The monoisotopic (exact) mass is 405 g/mol. The summed E-state index contributed by atoms with van der Waals surface area (Å²) in [7, 11) is 0. The van der Waals surface area contributed by atoms with E-state index in [0.717, 1.165) is 24.8 Å². The Labute approximate surface area is 155 Å². The summed E-state index contributed by atoms with van der Waals surface area (Å²) in [6.45, 7) is 2.80. The van der Waals surface area contributed by atoms with Gasteiger partial charge in [0.25, 0.3) is 0 Å². The fourth-order valence-corrected chi connectivity index (χ4v) is 3.13. The summed E-state index contributed by atoms with van der Waals surface area (Å²) >= 11 is 3.35. The maximum absolute atomic E-state index is 12.1. The van der Waals surface area contributed by atoms with Gasteiger partial charge < -0.3 is 9.47 Å². The number of hydrogen-bond donors (Lipinski definition) is 0. The van der Waals surface area contributed by atoms with Gasteiger partial charge in [-0.2, -0.15) is 0 Å². The highest BCUT2D eigenvalue weighted by molar-refractivity contribution is 9.10. The van der Waals surface area contributed by atoms with Crippen LogP contribution in [0.3, 0.4) is 0 Å². The zero-order valence-corrected chi connectivity index (χ0v) is 15.6. The summed E-state index contributed by atoms with van der Waals surface area (Å²) in [6.07, 6.45) is 4.27. The molecule has 1 aromatic carbocycles. The predicted molar refractivity (Wildman–Crippen MR) is 96.7 cm³/mol. The first-order valence-corrected chi connectivity index (χ1v) is 9.16. The molecule has 1 aromatic heterocycles. The minimum atomic E-state index is -0.406. The number of carbonyl (C=O) groups is 1. The second-order valence-electron chi connectivity index (χ2n) is 5.65. The van der Waals surface area contributed by atoms with E-state index in [1.54, 1.807) is 11.6 Å².